The average molecular weight is 406 g/mol. The van der Waals surface area contributed by atoms with Crippen molar-refractivity contribution in [3.05, 3.63) is 66.0 Å². The Bertz CT molecular complexity index is 1140. The molecule has 2 aromatic heterocycles. The molecule has 1 N–H and O–H groups in total. The third-order valence-corrected chi connectivity index (χ3v) is 5.60. The maximum absolute atomic E-state index is 12.3. The Morgan fingerprint density at radius 2 is 1.83 bits per heavy atom. The number of nitrogens with zero attached hydrogens (tertiary/aromatic N) is 4. The van der Waals surface area contributed by atoms with E-state index in [1.54, 1.807) is 0 Å². The van der Waals surface area contributed by atoms with Gasteiger partial charge in [0, 0.05) is 17.8 Å². The van der Waals surface area contributed by atoms with Crippen molar-refractivity contribution >= 4 is 34.2 Å². The first kappa shape index (κ1) is 19.4. The molecule has 0 radical (unpaired) electrons. The fraction of sp³-hybridized carbons (Fsp3) is 0.273. The van der Waals surface area contributed by atoms with Crippen molar-refractivity contribution in [2.45, 2.75) is 31.3 Å². The smallest absolute Gasteiger partial charge is 0.230 e. The number of carbonyl (C=O) groups excluding carboxylic acids is 1. The molecule has 148 valence electrons. The van der Waals surface area contributed by atoms with Gasteiger partial charge in [-0.1, -0.05) is 68.1 Å². The highest BCUT2D eigenvalue weighted by molar-refractivity contribution is 7.99. The quantitative estimate of drug-likeness (QED) is 0.473. The van der Waals surface area contributed by atoms with Crippen LogP contribution in [0.15, 0.2) is 59.8 Å². The first-order valence-electron chi connectivity index (χ1n) is 9.70. The van der Waals surface area contributed by atoms with Gasteiger partial charge in [0.05, 0.1) is 11.3 Å². The lowest BCUT2D eigenvalue weighted by atomic mass is 10.1. The monoisotopic (exact) mass is 405 g/mol. The van der Waals surface area contributed by atoms with Gasteiger partial charge >= 0.3 is 0 Å². The molecule has 0 bridgehead atoms. The molecule has 2 heterocycles. The van der Waals surface area contributed by atoms with Crippen molar-refractivity contribution in [1.82, 2.24) is 24.9 Å². The Hall–Kier alpha value is -2.93. The van der Waals surface area contributed by atoms with Crippen molar-refractivity contribution < 1.29 is 4.79 Å². The number of carbonyl (C=O) groups is 1. The van der Waals surface area contributed by atoms with E-state index in [9.17, 15) is 4.79 Å². The van der Waals surface area contributed by atoms with Crippen LogP contribution in [0.1, 0.15) is 31.2 Å². The van der Waals surface area contributed by atoms with Gasteiger partial charge in [-0.3, -0.25) is 9.20 Å². The fourth-order valence-electron chi connectivity index (χ4n) is 3.24. The van der Waals surface area contributed by atoms with E-state index in [1.807, 2.05) is 46.9 Å². The third-order valence-electron chi connectivity index (χ3n) is 4.67. The molecule has 0 aliphatic heterocycles. The maximum Gasteiger partial charge on any atom is 0.230 e. The van der Waals surface area contributed by atoms with Gasteiger partial charge in [-0.25, -0.2) is 4.98 Å². The standard InChI is InChI=1S/C22H23N5OS/c1-15(2)20-24-18-11-7-6-10-17(18)21-25-26-22(27(20)21)29-14-19(28)23-13-12-16-8-4-3-5-9-16/h3-11,15H,12-14H2,1-2H3,(H,23,28). The molecule has 6 nitrogen and oxygen atoms in total. The number of rotatable bonds is 7. The summed E-state index contributed by atoms with van der Waals surface area (Å²) < 4.78 is 1.98. The number of thioether (sulfide) groups is 1. The van der Waals surface area contributed by atoms with E-state index in [0.717, 1.165) is 28.8 Å². The minimum absolute atomic E-state index is 0.0115. The Balaban J connectivity index is 1.48. The van der Waals surface area contributed by atoms with Crippen LogP contribution in [0.4, 0.5) is 0 Å². The van der Waals surface area contributed by atoms with Crippen LogP contribution in [0.5, 0.6) is 0 Å². The Labute approximate surface area is 173 Å². The zero-order valence-electron chi connectivity index (χ0n) is 16.5. The summed E-state index contributed by atoms with van der Waals surface area (Å²) in [5.74, 6) is 1.38. The topological polar surface area (TPSA) is 72.2 Å². The SMILES string of the molecule is CC(C)c1nc2ccccc2c2nnc(SCC(=O)NCCc3ccccc3)n12. The fourth-order valence-corrected chi connectivity index (χ4v) is 4.01. The van der Waals surface area contributed by atoms with E-state index >= 15 is 0 Å². The number of nitrogens with one attached hydrogen (secondary N) is 1. The van der Waals surface area contributed by atoms with Crippen molar-refractivity contribution in [3.8, 4) is 0 Å². The summed E-state index contributed by atoms with van der Waals surface area (Å²) in [5, 5.41) is 13.4. The highest BCUT2D eigenvalue weighted by Gasteiger charge is 2.18. The number of hydrogen-bond donors (Lipinski definition) is 1. The summed E-state index contributed by atoms with van der Waals surface area (Å²) in [5.41, 5.74) is 2.90. The van der Waals surface area contributed by atoms with Crippen LogP contribution in [0.2, 0.25) is 0 Å². The van der Waals surface area contributed by atoms with Crippen molar-refractivity contribution in [3.63, 3.8) is 0 Å². The number of hydrogen-bond acceptors (Lipinski definition) is 5. The minimum Gasteiger partial charge on any atom is -0.355 e. The molecule has 0 fully saturated rings. The van der Waals surface area contributed by atoms with Gasteiger partial charge in [0.15, 0.2) is 10.8 Å². The number of amides is 1. The zero-order valence-corrected chi connectivity index (χ0v) is 17.3. The molecule has 4 aromatic rings. The molecule has 0 aliphatic carbocycles. The van der Waals surface area contributed by atoms with Crippen LogP contribution in [0, 0.1) is 0 Å². The van der Waals surface area contributed by atoms with Crippen LogP contribution in [-0.2, 0) is 11.2 Å². The normalized spacial score (nSPS) is 11.4. The van der Waals surface area contributed by atoms with Gasteiger partial charge in [0.25, 0.3) is 0 Å². The average Bonchev–Trinajstić information content (AvgIpc) is 3.16. The summed E-state index contributed by atoms with van der Waals surface area (Å²) in [4.78, 5) is 17.1. The van der Waals surface area contributed by atoms with Gasteiger partial charge in [0.2, 0.25) is 5.91 Å². The van der Waals surface area contributed by atoms with E-state index in [-0.39, 0.29) is 11.8 Å². The molecule has 0 atom stereocenters. The summed E-state index contributed by atoms with van der Waals surface area (Å²) in [7, 11) is 0. The summed E-state index contributed by atoms with van der Waals surface area (Å²) in [6, 6.07) is 18.1. The Kier molecular flexibility index (Phi) is 5.76. The molecule has 0 saturated heterocycles. The second kappa shape index (κ2) is 8.61. The van der Waals surface area contributed by atoms with E-state index in [2.05, 4.69) is 41.5 Å². The van der Waals surface area contributed by atoms with Gasteiger partial charge in [-0.15, -0.1) is 10.2 Å². The summed E-state index contributed by atoms with van der Waals surface area (Å²) in [6.07, 6.45) is 0.818. The minimum atomic E-state index is -0.0115. The molecular weight excluding hydrogens is 382 g/mol. The number of fused-ring (bicyclic) bond motifs is 3. The molecule has 0 aliphatic rings. The molecule has 1 amide bonds. The van der Waals surface area contributed by atoms with Gasteiger partial charge in [-0.05, 0) is 24.1 Å². The van der Waals surface area contributed by atoms with Crippen LogP contribution < -0.4 is 5.32 Å². The lowest BCUT2D eigenvalue weighted by Gasteiger charge is -2.11. The first-order valence-corrected chi connectivity index (χ1v) is 10.7. The molecular formula is C22H23N5OS. The van der Waals surface area contributed by atoms with Crippen LogP contribution in [0.3, 0.4) is 0 Å². The maximum atomic E-state index is 12.3. The van der Waals surface area contributed by atoms with E-state index in [4.69, 9.17) is 4.98 Å². The Morgan fingerprint density at radius 1 is 1.07 bits per heavy atom. The molecule has 7 heteroatoms. The molecule has 29 heavy (non-hydrogen) atoms. The van der Waals surface area contributed by atoms with Gasteiger partial charge in [0.1, 0.15) is 5.82 Å². The van der Waals surface area contributed by atoms with Crippen LogP contribution in [-0.4, -0.2) is 37.8 Å². The van der Waals surface area contributed by atoms with Gasteiger partial charge < -0.3 is 5.32 Å². The number of aromatic nitrogens is 4. The molecule has 0 unspecified atom stereocenters. The lowest BCUT2D eigenvalue weighted by Crippen LogP contribution is -2.27. The second-order valence-electron chi connectivity index (χ2n) is 7.16. The lowest BCUT2D eigenvalue weighted by molar-refractivity contribution is -0.118. The third kappa shape index (κ3) is 4.24. The van der Waals surface area contributed by atoms with Crippen molar-refractivity contribution in [1.29, 1.82) is 0 Å². The van der Waals surface area contributed by atoms with E-state index in [0.29, 0.717) is 17.5 Å². The molecule has 0 spiro atoms. The largest absolute Gasteiger partial charge is 0.355 e. The highest BCUT2D eigenvalue weighted by atomic mass is 32.2. The molecule has 2 aromatic carbocycles. The predicted octanol–water partition coefficient (Wildman–Crippen LogP) is 3.85. The van der Waals surface area contributed by atoms with Crippen molar-refractivity contribution in [2.24, 2.45) is 0 Å². The summed E-state index contributed by atoms with van der Waals surface area (Å²) in [6.45, 7) is 4.82. The first-order chi connectivity index (χ1) is 14.1. The van der Waals surface area contributed by atoms with Crippen LogP contribution in [0.25, 0.3) is 16.6 Å². The van der Waals surface area contributed by atoms with E-state index < -0.39 is 0 Å². The highest BCUT2D eigenvalue weighted by Crippen LogP contribution is 2.26. The number of para-hydroxylation sites is 1. The second-order valence-corrected chi connectivity index (χ2v) is 8.10. The molecule has 4 rings (SSSR count). The number of benzene rings is 2. The molecule has 0 saturated carbocycles. The van der Waals surface area contributed by atoms with Crippen LogP contribution >= 0.6 is 11.8 Å². The van der Waals surface area contributed by atoms with E-state index in [1.165, 1.54) is 17.3 Å². The summed E-state index contributed by atoms with van der Waals surface area (Å²) >= 11 is 1.39. The predicted molar refractivity (Wildman–Crippen MR) is 116 cm³/mol. The van der Waals surface area contributed by atoms with Gasteiger partial charge in [-0.2, -0.15) is 0 Å². The zero-order chi connectivity index (χ0) is 20.2. The van der Waals surface area contributed by atoms with Crippen molar-refractivity contribution in [2.75, 3.05) is 12.3 Å². The Morgan fingerprint density at radius 3 is 2.62 bits per heavy atom.